The molecule has 1 nitrogen and oxygen atoms in total. The molecule has 68 valence electrons. The summed E-state index contributed by atoms with van der Waals surface area (Å²) in [6.07, 6.45) is 5.75. The fraction of sp³-hybridized carbons (Fsp3) is 0.455. The molecular formula is C11H18O. The molecule has 0 saturated heterocycles. The van der Waals surface area contributed by atoms with Crippen molar-refractivity contribution in [2.45, 2.75) is 20.8 Å². The minimum absolute atomic E-state index is 0.467. The monoisotopic (exact) mass is 166 g/mol. The maximum atomic E-state index is 5.22. The molecule has 12 heavy (non-hydrogen) atoms. The average molecular weight is 166 g/mol. The number of rotatable bonds is 4. The quantitative estimate of drug-likeness (QED) is 0.460. The van der Waals surface area contributed by atoms with Crippen molar-refractivity contribution in [1.82, 2.24) is 0 Å². The summed E-state index contributed by atoms with van der Waals surface area (Å²) >= 11 is 0. The van der Waals surface area contributed by atoms with Crippen LogP contribution >= 0.6 is 0 Å². The summed E-state index contributed by atoms with van der Waals surface area (Å²) in [5, 5.41) is 0. The Morgan fingerprint density at radius 3 is 2.25 bits per heavy atom. The van der Waals surface area contributed by atoms with E-state index in [9.17, 15) is 0 Å². The lowest BCUT2D eigenvalue weighted by atomic mass is 10.0. The molecule has 0 saturated carbocycles. The molecule has 0 amide bonds. The molecule has 0 N–H and O–H groups in total. The zero-order valence-electron chi connectivity index (χ0n) is 8.42. The van der Waals surface area contributed by atoms with Crippen molar-refractivity contribution < 1.29 is 4.74 Å². The van der Waals surface area contributed by atoms with E-state index >= 15 is 0 Å². The minimum atomic E-state index is 0.467. The van der Waals surface area contributed by atoms with Crippen LogP contribution in [0.5, 0.6) is 0 Å². The zero-order valence-corrected chi connectivity index (χ0v) is 8.42. The van der Waals surface area contributed by atoms with Crippen molar-refractivity contribution in [2.24, 2.45) is 5.92 Å². The molecule has 1 heteroatoms. The van der Waals surface area contributed by atoms with Crippen molar-refractivity contribution in [3.8, 4) is 0 Å². The molecular weight excluding hydrogens is 148 g/mol. The molecule has 0 fully saturated rings. The first-order chi connectivity index (χ1) is 5.67. The van der Waals surface area contributed by atoms with E-state index in [2.05, 4.69) is 20.4 Å². The molecule has 0 bridgehead atoms. The van der Waals surface area contributed by atoms with Crippen LogP contribution in [0.2, 0.25) is 0 Å². The van der Waals surface area contributed by atoms with Gasteiger partial charge in [0.15, 0.2) is 0 Å². The highest BCUT2D eigenvalue weighted by Crippen LogP contribution is 2.19. The van der Waals surface area contributed by atoms with Gasteiger partial charge in [-0.15, -0.1) is 0 Å². The van der Waals surface area contributed by atoms with Gasteiger partial charge in [-0.3, -0.25) is 0 Å². The second kappa shape index (κ2) is 5.64. The van der Waals surface area contributed by atoms with Crippen LogP contribution in [0.4, 0.5) is 0 Å². The summed E-state index contributed by atoms with van der Waals surface area (Å²) in [6.45, 7) is 9.92. The largest absolute Gasteiger partial charge is 0.497 e. The normalized spacial score (nSPS) is 13.4. The number of methoxy groups -OCH3 is 1. The van der Waals surface area contributed by atoms with E-state index in [0.717, 1.165) is 5.76 Å². The summed E-state index contributed by atoms with van der Waals surface area (Å²) in [7, 11) is 1.69. The van der Waals surface area contributed by atoms with Crippen LogP contribution < -0.4 is 0 Å². The van der Waals surface area contributed by atoms with E-state index in [4.69, 9.17) is 4.74 Å². The third kappa shape index (κ3) is 2.95. The van der Waals surface area contributed by atoms with Gasteiger partial charge in [0, 0.05) is 0 Å². The van der Waals surface area contributed by atoms with Crippen LogP contribution in [0.1, 0.15) is 20.8 Å². The summed E-state index contributed by atoms with van der Waals surface area (Å²) in [5.74, 6) is 1.40. The Bertz CT molecular complexity index is 197. The predicted molar refractivity (Wildman–Crippen MR) is 53.9 cm³/mol. The molecule has 0 unspecified atom stereocenters. The van der Waals surface area contributed by atoms with Crippen molar-refractivity contribution in [3.63, 3.8) is 0 Å². The van der Waals surface area contributed by atoms with Crippen LogP contribution in [-0.4, -0.2) is 7.11 Å². The van der Waals surface area contributed by atoms with E-state index < -0.39 is 0 Å². The molecule has 0 aromatic rings. The Morgan fingerprint density at radius 1 is 1.42 bits per heavy atom. The third-order valence-electron chi connectivity index (χ3n) is 1.69. The topological polar surface area (TPSA) is 9.23 Å². The SMILES string of the molecule is C=C/C=C(/C(=C/C)OC)C(C)C. The van der Waals surface area contributed by atoms with Gasteiger partial charge < -0.3 is 4.74 Å². The van der Waals surface area contributed by atoms with Gasteiger partial charge in [-0.1, -0.05) is 32.6 Å². The van der Waals surface area contributed by atoms with Crippen molar-refractivity contribution >= 4 is 0 Å². The molecule has 0 heterocycles. The van der Waals surface area contributed by atoms with Gasteiger partial charge in [0.2, 0.25) is 0 Å². The lowest BCUT2D eigenvalue weighted by Gasteiger charge is -2.13. The van der Waals surface area contributed by atoms with Crippen LogP contribution in [0.3, 0.4) is 0 Å². The van der Waals surface area contributed by atoms with Gasteiger partial charge in [0.1, 0.15) is 5.76 Å². The molecule has 0 rings (SSSR count). The van der Waals surface area contributed by atoms with Crippen LogP contribution in [0.25, 0.3) is 0 Å². The summed E-state index contributed by atoms with van der Waals surface area (Å²) in [5.41, 5.74) is 1.19. The van der Waals surface area contributed by atoms with Crippen LogP contribution in [-0.2, 0) is 4.74 Å². The van der Waals surface area contributed by atoms with Gasteiger partial charge in [0.25, 0.3) is 0 Å². The fourth-order valence-electron chi connectivity index (χ4n) is 1.09. The van der Waals surface area contributed by atoms with Gasteiger partial charge in [-0.05, 0) is 24.5 Å². The van der Waals surface area contributed by atoms with E-state index in [1.165, 1.54) is 5.57 Å². The molecule has 0 aromatic heterocycles. The first-order valence-corrected chi connectivity index (χ1v) is 4.20. The Kier molecular flexibility index (Phi) is 5.18. The van der Waals surface area contributed by atoms with E-state index in [0.29, 0.717) is 5.92 Å². The Morgan fingerprint density at radius 2 is 2.00 bits per heavy atom. The van der Waals surface area contributed by atoms with Crippen molar-refractivity contribution in [3.05, 3.63) is 36.1 Å². The second-order valence-electron chi connectivity index (χ2n) is 2.87. The molecule has 0 radical (unpaired) electrons. The highest BCUT2D eigenvalue weighted by atomic mass is 16.5. The maximum absolute atomic E-state index is 5.22. The molecule has 0 aliphatic carbocycles. The summed E-state index contributed by atoms with van der Waals surface area (Å²) < 4.78 is 5.22. The van der Waals surface area contributed by atoms with E-state index in [-0.39, 0.29) is 0 Å². The Balaban J connectivity index is 4.73. The fourth-order valence-corrected chi connectivity index (χ4v) is 1.09. The first kappa shape index (κ1) is 11.0. The van der Waals surface area contributed by atoms with Crippen molar-refractivity contribution in [1.29, 1.82) is 0 Å². The van der Waals surface area contributed by atoms with Gasteiger partial charge in [-0.25, -0.2) is 0 Å². The first-order valence-electron chi connectivity index (χ1n) is 4.20. The highest BCUT2D eigenvalue weighted by Gasteiger charge is 2.07. The lowest BCUT2D eigenvalue weighted by Crippen LogP contribution is -1.99. The number of allylic oxidation sites excluding steroid dienone is 4. The molecule has 0 atom stereocenters. The standard InChI is InChI=1S/C11H18O/c1-6-8-10(9(3)4)11(7-2)12-5/h6-9H,1H2,2-5H3/b10-8+,11-7-. The zero-order chi connectivity index (χ0) is 9.56. The van der Waals surface area contributed by atoms with Gasteiger partial charge in [-0.2, -0.15) is 0 Å². The Hall–Kier alpha value is -0.980. The second-order valence-corrected chi connectivity index (χ2v) is 2.87. The van der Waals surface area contributed by atoms with Crippen molar-refractivity contribution in [2.75, 3.05) is 7.11 Å². The van der Waals surface area contributed by atoms with Crippen LogP contribution in [0, 0.1) is 5.92 Å². The Labute approximate surface area is 75.4 Å². The third-order valence-corrected chi connectivity index (χ3v) is 1.69. The average Bonchev–Trinajstić information content (AvgIpc) is 2.05. The summed E-state index contributed by atoms with van der Waals surface area (Å²) in [4.78, 5) is 0. The predicted octanol–water partition coefficient (Wildman–Crippen LogP) is 3.31. The molecule has 0 spiro atoms. The van der Waals surface area contributed by atoms with E-state index in [1.54, 1.807) is 13.2 Å². The number of hydrogen-bond donors (Lipinski definition) is 0. The smallest absolute Gasteiger partial charge is 0.118 e. The molecule has 0 aliphatic rings. The van der Waals surface area contributed by atoms with Gasteiger partial charge >= 0.3 is 0 Å². The summed E-state index contributed by atoms with van der Waals surface area (Å²) in [6, 6.07) is 0. The number of ether oxygens (including phenoxy) is 1. The van der Waals surface area contributed by atoms with E-state index in [1.807, 2.05) is 19.1 Å². The molecule has 0 aliphatic heterocycles. The lowest BCUT2D eigenvalue weighted by molar-refractivity contribution is 0.293. The highest BCUT2D eigenvalue weighted by molar-refractivity contribution is 5.30. The van der Waals surface area contributed by atoms with Crippen LogP contribution in [0.15, 0.2) is 36.1 Å². The van der Waals surface area contributed by atoms with Gasteiger partial charge in [0.05, 0.1) is 7.11 Å². The molecule has 0 aromatic carbocycles. The minimum Gasteiger partial charge on any atom is -0.497 e. The number of hydrogen-bond acceptors (Lipinski definition) is 1. The maximum Gasteiger partial charge on any atom is 0.118 e.